The number of rotatable bonds is 7. The fraction of sp³-hybridized carbons (Fsp3) is 0.333. The molecule has 1 aromatic heterocycles. The summed E-state index contributed by atoms with van der Waals surface area (Å²) in [5, 5.41) is 10.5. The second-order valence-corrected chi connectivity index (χ2v) is 6.20. The molecule has 0 aliphatic heterocycles. The van der Waals surface area contributed by atoms with Crippen molar-refractivity contribution in [2.75, 3.05) is 6.61 Å². The highest BCUT2D eigenvalue weighted by molar-refractivity contribution is 7.11. The van der Waals surface area contributed by atoms with Gasteiger partial charge in [-0.1, -0.05) is 11.6 Å². The van der Waals surface area contributed by atoms with Gasteiger partial charge in [-0.2, -0.15) is 0 Å². The Morgan fingerprint density at radius 1 is 1.38 bits per heavy atom. The van der Waals surface area contributed by atoms with Crippen molar-refractivity contribution in [1.29, 1.82) is 0 Å². The minimum Gasteiger partial charge on any atom is -0.494 e. The van der Waals surface area contributed by atoms with Gasteiger partial charge in [0.1, 0.15) is 5.75 Å². The zero-order chi connectivity index (χ0) is 15.2. The van der Waals surface area contributed by atoms with Gasteiger partial charge in [-0.15, -0.1) is 11.3 Å². The van der Waals surface area contributed by atoms with E-state index in [4.69, 9.17) is 21.4 Å². The molecule has 1 aromatic carbocycles. The van der Waals surface area contributed by atoms with E-state index in [1.54, 1.807) is 12.1 Å². The molecule has 0 saturated heterocycles. The Hall–Kier alpha value is -1.59. The summed E-state index contributed by atoms with van der Waals surface area (Å²) in [6.45, 7) is 2.44. The van der Waals surface area contributed by atoms with Gasteiger partial charge in [0.05, 0.1) is 23.7 Å². The molecule has 21 heavy (non-hydrogen) atoms. The number of nitrogens with zero attached hydrogens (tertiary/aromatic N) is 1. The number of aliphatic carboxylic acids is 1. The smallest absolute Gasteiger partial charge is 0.308 e. The molecule has 1 heterocycles. The normalized spacial score (nSPS) is 10.6. The predicted molar refractivity (Wildman–Crippen MR) is 83.5 cm³/mol. The number of thiazole rings is 1. The van der Waals surface area contributed by atoms with Gasteiger partial charge >= 0.3 is 5.97 Å². The molecule has 0 bridgehead atoms. The molecular weight excluding hydrogens is 310 g/mol. The number of hydrogen-bond donors (Lipinski definition) is 1. The molecule has 2 aromatic rings. The molecule has 0 aliphatic carbocycles. The van der Waals surface area contributed by atoms with E-state index in [0.717, 1.165) is 34.2 Å². The molecule has 0 atom stereocenters. The number of carbonyl (C=O) groups is 1. The Kier molecular flexibility index (Phi) is 5.59. The minimum atomic E-state index is -0.820. The van der Waals surface area contributed by atoms with E-state index >= 15 is 0 Å². The number of hydrogen-bond acceptors (Lipinski definition) is 4. The van der Waals surface area contributed by atoms with Gasteiger partial charge in [-0.25, -0.2) is 4.98 Å². The molecule has 4 nitrogen and oxygen atoms in total. The van der Waals surface area contributed by atoms with E-state index in [9.17, 15) is 4.79 Å². The Morgan fingerprint density at radius 3 is 2.76 bits per heavy atom. The van der Waals surface area contributed by atoms with Gasteiger partial charge in [-0.3, -0.25) is 4.79 Å². The van der Waals surface area contributed by atoms with Crippen molar-refractivity contribution in [3.8, 4) is 5.75 Å². The summed E-state index contributed by atoms with van der Waals surface area (Å²) in [4.78, 5) is 16.0. The summed E-state index contributed by atoms with van der Waals surface area (Å²) in [6.07, 6.45) is 1.67. The van der Waals surface area contributed by atoms with Crippen LogP contribution in [0.1, 0.15) is 22.0 Å². The second kappa shape index (κ2) is 7.43. The summed E-state index contributed by atoms with van der Waals surface area (Å²) in [7, 11) is 0. The predicted octanol–water partition coefficient (Wildman–Crippen LogP) is 3.74. The first-order valence-corrected chi connectivity index (χ1v) is 7.79. The average molecular weight is 326 g/mol. The van der Waals surface area contributed by atoms with Crippen LogP contribution in [0.4, 0.5) is 0 Å². The highest BCUT2D eigenvalue weighted by Gasteiger charge is 2.10. The summed E-state index contributed by atoms with van der Waals surface area (Å²) in [6, 6.07) is 7.25. The highest BCUT2D eigenvalue weighted by Crippen LogP contribution is 2.20. The standard InChI is InChI=1S/C15H16ClNO3S/c1-10-13(9-15(18)19)21-14(17-10)3-2-8-20-12-6-4-11(16)5-7-12/h4-7H,2-3,8-9H2,1H3,(H,18,19). The molecule has 1 N–H and O–H groups in total. The lowest BCUT2D eigenvalue weighted by Crippen LogP contribution is -1.99. The highest BCUT2D eigenvalue weighted by atomic mass is 35.5. The summed E-state index contributed by atoms with van der Waals surface area (Å²) in [5.74, 6) is -0.0272. The number of carboxylic acid groups (broad SMARTS) is 1. The number of aryl methyl sites for hydroxylation is 2. The number of benzene rings is 1. The van der Waals surface area contributed by atoms with Crippen molar-refractivity contribution in [3.05, 3.63) is 44.9 Å². The molecule has 112 valence electrons. The third kappa shape index (κ3) is 5.02. The zero-order valence-electron chi connectivity index (χ0n) is 11.6. The van der Waals surface area contributed by atoms with Crippen molar-refractivity contribution in [3.63, 3.8) is 0 Å². The van der Waals surface area contributed by atoms with Crippen LogP contribution in [0.3, 0.4) is 0 Å². The molecular formula is C15H16ClNO3S. The zero-order valence-corrected chi connectivity index (χ0v) is 13.2. The third-order valence-corrected chi connectivity index (χ3v) is 4.34. The van der Waals surface area contributed by atoms with Gasteiger partial charge < -0.3 is 9.84 Å². The first-order chi connectivity index (χ1) is 10.0. The largest absolute Gasteiger partial charge is 0.494 e. The van der Waals surface area contributed by atoms with E-state index in [0.29, 0.717) is 11.6 Å². The van der Waals surface area contributed by atoms with Crippen LogP contribution in [0.2, 0.25) is 5.02 Å². The van der Waals surface area contributed by atoms with Crippen molar-refractivity contribution in [1.82, 2.24) is 4.98 Å². The molecule has 0 saturated carbocycles. The van der Waals surface area contributed by atoms with Crippen LogP contribution in [0.25, 0.3) is 0 Å². The maximum absolute atomic E-state index is 10.7. The molecule has 0 aliphatic rings. The maximum atomic E-state index is 10.7. The Labute approximate surface area is 132 Å². The number of carboxylic acids is 1. The van der Waals surface area contributed by atoms with Crippen LogP contribution in [0.15, 0.2) is 24.3 Å². The first kappa shape index (κ1) is 15.8. The van der Waals surface area contributed by atoms with Crippen LogP contribution in [0, 0.1) is 6.92 Å². The number of aromatic nitrogens is 1. The van der Waals surface area contributed by atoms with Crippen molar-refractivity contribution in [2.24, 2.45) is 0 Å². The molecule has 0 spiro atoms. The van der Waals surface area contributed by atoms with E-state index in [1.807, 2.05) is 19.1 Å². The van der Waals surface area contributed by atoms with Gasteiger partial charge in [-0.05, 0) is 37.6 Å². The fourth-order valence-electron chi connectivity index (χ4n) is 1.84. The van der Waals surface area contributed by atoms with E-state index in [2.05, 4.69) is 4.98 Å². The number of ether oxygens (including phenoxy) is 1. The lowest BCUT2D eigenvalue weighted by Gasteiger charge is -2.04. The van der Waals surface area contributed by atoms with Crippen molar-refractivity contribution < 1.29 is 14.6 Å². The summed E-state index contributed by atoms with van der Waals surface area (Å²) < 4.78 is 5.61. The van der Waals surface area contributed by atoms with Crippen LogP contribution in [0.5, 0.6) is 5.75 Å². The molecule has 0 amide bonds. The van der Waals surface area contributed by atoms with Crippen molar-refractivity contribution in [2.45, 2.75) is 26.2 Å². The van der Waals surface area contributed by atoms with Crippen LogP contribution < -0.4 is 4.74 Å². The quantitative estimate of drug-likeness (QED) is 0.788. The maximum Gasteiger partial charge on any atom is 0.308 e. The summed E-state index contributed by atoms with van der Waals surface area (Å²) >= 11 is 7.27. The van der Waals surface area contributed by atoms with E-state index in [-0.39, 0.29) is 6.42 Å². The molecule has 0 fully saturated rings. The van der Waals surface area contributed by atoms with E-state index < -0.39 is 5.97 Å². The number of halogens is 1. The summed E-state index contributed by atoms with van der Waals surface area (Å²) in [5.41, 5.74) is 0.816. The van der Waals surface area contributed by atoms with Gasteiger partial charge in [0.2, 0.25) is 0 Å². The van der Waals surface area contributed by atoms with Crippen LogP contribution >= 0.6 is 22.9 Å². The van der Waals surface area contributed by atoms with Crippen molar-refractivity contribution >= 4 is 28.9 Å². The first-order valence-electron chi connectivity index (χ1n) is 6.60. The molecule has 6 heteroatoms. The Bertz CT molecular complexity index is 610. The topological polar surface area (TPSA) is 59.4 Å². The third-order valence-electron chi connectivity index (χ3n) is 2.87. The Morgan fingerprint density at radius 2 is 2.10 bits per heavy atom. The monoisotopic (exact) mass is 325 g/mol. The molecule has 0 radical (unpaired) electrons. The van der Waals surface area contributed by atoms with Gasteiger partial charge in [0.15, 0.2) is 0 Å². The fourth-order valence-corrected chi connectivity index (χ4v) is 3.07. The van der Waals surface area contributed by atoms with Crippen LogP contribution in [-0.4, -0.2) is 22.7 Å². The molecule has 0 unspecified atom stereocenters. The second-order valence-electron chi connectivity index (χ2n) is 4.59. The minimum absolute atomic E-state index is 0.0464. The average Bonchev–Trinajstić information content (AvgIpc) is 2.76. The van der Waals surface area contributed by atoms with Gasteiger partial charge in [0.25, 0.3) is 0 Å². The lowest BCUT2D eigenvalue weighted by molar-refractivity contribution is -0.136. The van der Waals surface area contributed by atoms with Gasteiger partial charge in [0, 0.05) is 16.3 Å². The van der Waals surface area contributed by atoms with E-state index in [1.165, 1.54) is 11.3 Å². The molecule has 2 rings (SSSR count). The van der Waals surface area contributed by atoms with Crippen LogP contribution in [-0.2, 0) is 17.6 Å². The lowest BCUT2D eigenvalue weighted by atomic mass is 10.3. The SMILES string of the molecule is Cc1nc(CCCOc2ccc(Cl)cc2)sc1CC(=O)O. The Balaban J connectivity index is 1.78.